The zero-order valence-corrected chi connectivity index (χ0v) is 9.92. The van der Waals surface area contributed by atoms with Gasteiger partial charge in [0.05, 0.1) is 0 Å². The number of nitrogens with one attached hydrogen (secondary N) is 1. The summed E-state index contributed by atoms with van der Waals surface area (Å²) in [6.45, 7) is 0. The van der Waals surface area contributed by atoms with Gasteiger partial charge in [0.15, 0.2) is 0 Å². The molecule has 1 atom stereocenters. The zero-order chi connectivity index (χ0) is 10.6. The molecule has 0 aromatic heterocycles. The maximum atomic E-state index is 12.1. The summed E-state index contributed by atoms with van der Waals surface area (Å²) in [6.07, 6.45) is 0. The monoisotopic (exact) mass is 232 g/mol. The molecule has 0 bridgehead atoms. The quantitative estimate of drug-likeness (QED) is 0.640. The van der Waals surface area contributed by atoms with Gasteiger partial charge in [0, 0.05) is 5.69 Å². The average Bonchev–Trinajstić information content (AvgIpc) is 2.19. The molecule has 0 aliphatic heterocycles. The van der Waals surface area contributed by atoms with Gasteiger partial charge in [-0.3, -0.25) is 4.57 Å². The number of para-hydroxylation sites is 1. The molecule has 0 aliphatic carbocycles. The molecule has 1 aromatic rings. The van der Waals surface area contributed by atoms with E-state index in [1.807, 2.05) is 30.3 Å². The van der Waals surface area contributed by atoms with Gasteiger partial charge in [-0.2, -0.15) is 0 Å². The Kier molecular flexibility index (Phi) is 3.99. The van der Waals surface area contributed by atoms with Crippen molar-refractivity contribution in [1.29, 1.82) is 0 Å². The molecule has 0 saturated carbocycles. The molecule has 0 heterocycles. The molecule has 1 rings (SSSR count). The van der Waals surface area contributed by atoms with Crippen molar-refractivity contribution in [1.82, 2.24) is 4.67 Å². The molecule has 14 heavy (non-hydrogen) atoms. The van der Waals surface area contributed by atoms with Gasteiger partial charge in [-0.25, -0.2) is 4.67 Å². The Morgan fingerprint density at radius 1 is 1.36 bits per heavy atom. The van der Waals surface area contributed by atoms with Gasteiger partial charge in [-0.1, -0.05) is 18.2 Å². The standard InChI is InChI=1S/C9H14ClN2OP/c1-12(2)14(13,8-10)11-9-6-4-3-5-7-9/h3-7H,8H2,1-2H3,(H,11,13)/t14-/m0/s1. The van der Waals surface area contributed by atoms with E-state index in [1.54, 1.807) is 18.8 Å². The van der Waals surface area contributed by atoms with E-state index >= 15 is 0 Å². The number of halogens is 1. The Morgan fingerprint density at radius 2 is 1.93 bits per heavy atom. The highest BCUT2D eigenvalue weighted by atomic mass is 35.5. The second-order valence-corrected chi connectivity index (χ2v) is 6.53. The predicted octanol–water partition coefficient (Wildman–Crippen LogP) is 3.05. The first kappa shape index (κ1) is 11.6. The molecular weight excluding hydrogens is 219 g/mol. The molecule has 0 amide bonds. The first-order valence-corrected chi connectivity index (χ1v) is 6.62. The first-order valence-electron chi connectivity index (χ1n) is 4.24. The highest BCUT2D eigenvalue weighted by Crippen LogP contribution is 2.47. The minimum absolute atomic E-state index is 0.0922. The van der Waals surface area contributed by atoms with Crippen LogP contribution < -0.4 is 5.09 Å². The number of alkyl halides is 1. The van der Waals surface area contributed by atoms with Crippen molar-refractivity contribution < 1.29 is 4.57 Å². The van der Waals surface area contributed by atoms with Gasteiger partial charge in [0.25, 0.3) is 7.44 Å². The molecule has 0 unspecified atom stereocenters. The molecular formula is C9H14ClN2OP. The lowest BCUT2D eigenvalue weighted by molar-refractivity contribution is 0.523. The number of nitrogens with zero attached hydrogens (tertiary/aromatic N) is 1. The largest absolute Gasteiger partial charge is 0.324 e. The molecule has 5 heteroatoms. The fourth-order valence-corrected chi connectivity index (χ4v) is 2.80. The second kappa shape index (κ2) is 4.83. The third-order valence-corrected chi connectivity index (χ3v) is 5.08. The first-order chi connectivity index (χ1) is 6.58. The van der Waals surface area contributed by atoms with Crippen LogP contribution in [0.15, 0.2) is 30.3 Å². The summed E-state index contributed by atoms with van der Waals surface area (Å²) in [5, 5.41) is 2.95. The van der Waals surface area contributed by atoms with Crippen LogP contribution in [0.4, 0.5) is 5.69 Å². The molecule has 0 fully saturated rings. The fraction of sp³-hybridized carbons (Fsp3) is 0.333. The van der Waals surface area contributed by atoms with Gasteiger partial charge in [-0.05, 0) is 26.2 Å². The van der Waals surface area contributed by atoms with E-state index in [1.165, 1.54) is 0 Å². The van der Waals surface area contributed by atoms with E-state index in [2.05, 4.69) is 5.09 Å². The molecule has 0 aliphatic rings. The molecule has 3 nitrogen and oxygen atoms in total. The van der Waals surface area contributed by atoms with Crippen LogP contribution in [0.2, 0.25) is 0 Å². The highest BCUT2D eigenvalue weighted by molar-refractivity contribution is 7.64. The SMILES string of the molecule is CN(C)[P@](=O)(CCl)Nc1ccccc1. The lowest BCUT2D eigenvalue weighted by atomic mass is 10.3. The zero-order valence-electron chi connectivity index (χ0n) is 8.27. The Bertz CT molecular complexity index is 329. The van der Waals surface area contributed by atoms with Crippen LogP contribution in [0.3, 0.4) is 0 Å². The van der Waals surface area contributed by atoms with Gasteiger partial charge >= 0.3 is 0 Å². The van der Waals surface area contributed by atoms with Crippen LogP contribution in [0.5, 0.6) is 0 Å². The van der Waals surface area contributed by atoms with E-state index in [4.69, 9.17) is 11.6 Å². The summed E-state index contributed by atoms with van der Waals surface area (Å²) >= 11 is 5.69. The van der Waals surface area contributed by atoms with E-state index in [9.17, 15) is 4.57 Å². The van der Waals surface area contributed by atoms with E-state index in [0.717, 1.165) is 5.69 Å². The minimum atomic E-state index is -2.65. The third kappa shape index (κ3) is 2.74. The van der Waals surface area contributed by atoms with E-state index < -0.39 is 7.44 Å². The Balaban J connectivity index is 2.81. The Labute approximate surface area is 89.5 Å². The maximum absolute atomic E-state index is 12.1. The molecule has 0 radical (unpaired) electrons. The van der Waals surface area contributed by atoms with E-state index in [-0.39, 0.29) is 5.62 Å². The molecule has 0 spiro atoms. The number of hydrogen-bond acceptors (Lipinski definition) is 1. The number of anilines is 1. The molecule has 1 N–H and O–H groups in total. The van der Waals surface area contributed by atoms with Crippen LogP contribution >= 0.6 is 19.0 Å². The van der Waals surface area contributed by atoms with Gasteiger partial charge in [0.2, 0.25) is 0 Å². The van der Waals surface area contributed by atoms with Crippen LogP contribution in [0, 0.1) is 0 Å². The Hall–Kier alpha value is -0.500. The topological polar surface area (TPSA) is 32.3 Å². The fourth-order valence-electron chi connectivity index (χ4n) is 0.951. The van der Waals surface area contributed by atoms with Gasteiger partial charge in [-0.15, -0.1) is 11.6 Å². The third-order valence-electron chi connectivity index (χ3n) is 1.89. The van der Waals surface area contributed by atoms with Gasteiger partial charge in [0.1, 0.15) is 5.62 Å². The van der Waals surface area contributed by atoms with Crippen molar-refractivity contribution in [3.8, 4) is 0 Å². The van der Waals surface area contributed by atoms with Crippen molar-refractivity contribution in [2.45, 2.75) is 0 Å². The lowest BCUT2D eigenvalue weighted by Gasteiger charge is -2.24. The second-order valence-electron chi connectivity index (χ2n) is 3.15. The molecule has 1 aromatic carbocycles. The average molecular weight is 233 g/mol. The van der Waals surface area contributed by atoms with Crippen molar-refractivity contribution >= 4 is 24.7 Å². The van der Waals surface area contributed by atoms with E-state index in [0.29, 0.717) is 0 Å². The Morgan fingerprint density at radius 3 is 2.36 bits per heavy atom. The van der Waals surface area contributed by atoms with Crippen LogP contribution in [0.25, 0.3) is 0 Å². The smallest absolute Gasteiger partial charge is 0.251 e. The van der Waals surface area contributed by atoms with Crippen LogP contribution in [-0.4, -0.2) is 24.4 Å². The normalized spacial score (nSPS) is 15.1. The summed E-state index contributed by atoms with van der Waals surface area (Å²) < 4.78 is 13.8. The maximum Gasteiger partial charge on any atom is 0.251 e. The van der Waals surface area contributed by atoms with Crippen molar-refractivity contribution in [2.75, 3.05) is 24.8 Å². The van der Waals surface area contributed by atoms with Crippen molar-refractivity contribution in [3.05, 3.63) is 30.3 Å². The number of benzene rings is 1. The summed E-state index contributed by atoms with van der Waals surface area (Å²) in [7, 11) is 0.853. The predicted molar refractivity (Wildman–Crippen MR) is 62.1 cm³/mol. The highest BCUT2D eigenvalue weighted by Gasteiger charge is 2.23. The number of hydrogen-bond donors (Lipinski definition) is 1. The summed E-state index contributed by atoms with van der Waals surface area (Å²) in [4.78, 5) is 0. The molecule has 0 saturated heterocycles. The summed E-state index contributed by atoms with van der Waals surface area (Å²) in [5.74, 6) is 0. The van der Waals surface area contributed by atoms with Gasteiger partial charge < -0.3 is 5.09 Å². The van der Waals surface area contributed by atoms with Crippen molar-refractivity contribution in [2.24, 2.45) is 0 Å². The summed E-state index contributed by atoms with van der Waals surface area (Å²) in [6, 6.07) is 9.41. The minimum Gasteiger partial charge on any atom is -0.324 e. The lowest BCUT2D eigenvalue weighted by Crippen LogP contribution is -2.15. The van der Waals surface area contributed by atoms with Crippen LogP contribution in [0.1, 0.15) is 0 Å². The number of rotatable bonds is 4. The molecule has 78 valence electrons. The summed E-state index contributed by atoms with van der Waals surface area (Å²) in [5.41, 5.74) is 0.916. The van der Waals surface area contributed by atoms with Crippen molar-refractivity contribution in [3.63, 3.8) is 0 Å². The van der Waals surface area contributed by atoms with Crippen LogP contribution in [-0.2, 0) is 4.57 Å².